The zero-order valence-electron chi connectivity index (χ0n) is 8.45. The molecule has 0 aliphatic carbocycles. The van der Waals surface area contributed by atoms with Gasteiger partial charge in [0.05, 0.1) is 23.3 Å². The van der Waals surface area contributed by atoms with E-state index in [0.717, 1.165) is 24.1 Å². The van der Waals surface area contributed by atoms with Crippen LogP contribution in [0.1, 0.15) is 11.9 Å². The summed E-state index contributed by atoms with van der Waals surface area (Å²) >= 11 is 3.39. The molecule has 2 aromatic rings. The van der Waals surface area contributed by atoms with Crippen LogP contribution in [0.2, 0.25) is 0 Å². The smallest absolute Gasteiger partial charge is 0.240 e. The van der Waals surface area contributed by atoms with Gasteiger partial charge in [-0.2, -0.15) is 10.1 Å². The first kappa shape index (κ1) is 9.98. The highest BCUT2D eigenvalue weighted by Gasteiger charge is 2.29. The van der Waals surface area contributed by atoms with Crippen LogP contribution >= 0.6 is 15.9 Å². The largest absolute Gasteiger partial charge is 0.338 e. The average Bonchev–Trinajstić information content (AvgIpc) is 2.82. The van der Waals surface area contributed by atoms with E-state index in [-0.39, 0.29) is 0 Å². The Morgan fingerprint density at radius 1 is 1.50 bits per heavy atom. The Labute approximate surface area is 100 Å². The molecule has 0 N–H and O–H groups in total. The maximum atomic E-state index is 4.95. The van der Waals surface area contributed by atoms with E-state index < -0.39 is 0 Å². The van der Waals surface area contributed by atoms with Crippen LogP contribution in [0.3, 0.4) is 0 Å². The average molecular weight is 284 g/mol. The Balaban J connectivity index is 1.55. The minimum atomic E-state index is 0.453. The zero-order valence-corrected chi connectivity index (χ0v) is 10.0. The molecule has 7 heteroatoms. The Bertz CT molecular complexity index is 462. The zero-order chi connectivity index (χ0) is 11.0. The van der Waals surface area contributed by atoms with E-state index in [0.29, 0.717) is 11.9 Å². The number of hydrogen-bond donors (Lipinski definition) is 0. The number of hydrogen-bond acceptors (Lipinski definition) is 5. The Morgan fingerprint density at radius 3 is 3.00 bits per heavy atom. The van der Waals surface area contributed by atoms with E-state index in [2.05, 4.69) is 36.1 Å². The molecule has 0 amide bonds. The van der Waals surface area contributed by atoms with Gasteiger partial charge in [-0.3, -0.25) is 9.58 Å². The molecule has 84 valence electrons. The maximum absolute atomic E-state index is 4.95. The summed E-state index contributed by atoms with van der Waals surface area (Å²) in [4.78, 5) is 6.23. The fraction of sp³-hybridized carbons (Fsp3) is 0.444. The molecule has 0 radical (unpaired) electrons. The quantitative estimate of drug-likeness (QED) is 0.844. The van der Waals surface area contributed by atoms with Crippen molar-refractivity contribution in [1.29, 1.82) is 0 Å². The van der Waals surface area contributed by atoms with E-state index in [1.54, 1.807) is 6.20 Å². The number of nitrogens with zero attached hydrogens (tertiary/aromatic N) is 5. The highest BCUT2D eigenvalue weighted by Crippen LogP contribution is 2.23. The molecular weight excluding hydrogens is 274 g/mol. The summed E-state index contributed by atoms with van der Waals surface area (Å²) in [5, 5.41) is 7.84. The van der Waals surface area contributed by atoms with Crippen LogP contribution in [0, 0.1) is 0 Å². The van der Waals surface area contributed by atoms with Gasteiger partial charge in [-0.15, -0.1) is 0 Å². The summed E-state index contributed by atoms with van der Waals surface area (Å²) in [5.74, 6) is 0.667. The van der Waals surface area contributed by atoms with Gasteiger partial charge in [0.1, 0.15) is 0 Å². The lowest BCUT2D eigenvalue weighted by Gasteiger charge is -2.38. The standard InChI is InChI=1S/C9H10BrN5O/c10-7-1-12-15(2-7)8-3-14(4-8)5-9-11-6-13-16-9/h1-2,6,8H,3-5H2. The van der Waals surface area contributed by atoms with Crippen LogP contribution in [0.5, 0.6) is 0 Å². The SMILES string of the molecule is Brc1cnn(C2CN(Cc3ncno3)C2)c1. The van der Waals surface area contributed by atoms with Gasteiger partial charge in [0.25, 0.3) is 0 Å². The summed E-state index contributed by atoms with van der Waals surface area (Å²) < 4.78 is 7.95. The van der Waals surface area contributed by atoms with Crippen molar-refractivity contribution in [1.82, 2.24) is 24.8 Å². The van der Waals surface area contributed by atoms with Crippen LogP contribution in [-0.2, 0) is 6.54 Å². The molecule has 1 saturated heterocycles. The summed E-state index contributed by atoms with van der Waals surface area (Å²) in [7, 11) is 0. The lowest BCUT2D eigenvalue weighted by molar-refractivity contribution is 0.0790. The van der Waals surface area contributed by atoms with Gasteiger partial charge in [0, 0.05) is 19.3 Å². The molecule has 3 heterocycles. The normalized spacial score (nSPS) is 17.6. The summed E-state index contributed by atoms with van der Waals surface area (Å²) in [6, 6.07) is 0.453. The molecule has 2 aromatic heterocycles. The summed E-state index contributed by atoms with van der Waals surface area (Å²) in [5.41, 5.74) is 0. The van der Waals surface area contributed by atoms with Crippen molar-refractivity contribution in [3.8, 4) is 0 Å². The molecule has 3 rings (SSSR count). The van der Waals surface area contributed by atoms with E-state index in [1.807, 2.05) is 10.9 Å². The molecule has 1 aliphatic rings. The predicted octanol–water partition coefficient (Wildman–Crippen LogP) is 1.09. The predicted molar refractivity (Wildman–Crippen MR) is 58.5 cm³/mol. The number of rotatable bonds is 3. The van der Waals surface area contributed by atoms with Crippen LogP contribution in [0.15, 0.2) is 27.7 Å². The molecule has 6 nitrogen and oxygen atoms in total. The molecule has 0 saturated carbocycles. The van der Waals surface area contributed by atoms with Gasteiger partial charge < -0.3 is 4.52 Å². The molecular formula is C9H10BrN5O. The first-order chi connectivity index (χ1) is 7.81. The molecule has 0 atom stereocenters. The highest BCUT2D eigenvalue weighted by molar-refractivity contribution is 9.10. The Hall–Kier alpha value is -1.21. The number of halogens is 1. The highest BCUT2D eigenvalue weighted by atomic mass is 79.9. The van der Waals surface area contributed by atoms with E-state index >= 15 is 0 Å². The van der Waals surface area contributed by atoms with Gasteiger partial charge in [-0.25, -0.2) is 0 Å². The fourth-order valence-corrected chi connectivity index (χ4v) is 2.11. The van der Waals surface area contributed by atoms with Crippen molar-refractivity contribution in [2.45, 2.75) is 12.6 Å². The van der Waals surface area contributed by atoms with Crippen LogP contribution in [-0.4, -0.2) is 37.9 Å². The molecule has 1 aliphatic heterocycles. The first-order valence-corrected chi connectivity index (χ1v) is 5.78. The monoisotopic (exact) mass is 283 g/mol. The molecule has 0 aromatic carbocycles. The van der Waals surface area contributed by atoms with Crippen LogP contribution < -0.4 is 0 Å². The topological polar surface area (TPSA) is 60.0 Å². The number of aromatic nitrogens is 4. The van der Waals surface area contributed by atoms with Crippen molar-refractivity contribution in [2.24, 2.45) is 0 Å². The van der Waals surface area contributed by atoms with Gasteiger partial charge >= 0.3 is 0 Å². The van der Waals surface area contributed by atoms with Crippen molar-refractivity contribution >= 4 is 15.9 Å². The van der Waals surface area contributed by atoms with Crippen molar-refractivity contribution in [3.63, 3.8) is 0 Å². The second-order valence-corrected chi connectivity index (χ2v) is 4.74. The molecule has 0 unspecified atom stereocenters. The Morgan fingerprint density at radius 2 is 2.38 bits per heavy atom. The molecule has 0 spiro atoms. The van der Waals surface area contributed by atoms with Crippen molar-refractivity contribution in [2.75, 3.05) is 13.1 Å². The van der Waals surface area contributed by atoms with Gasteiger partial charge in [0.2, 0.25) is 5.89 Å². The van der Waals surface area contributed by atoms with Crippen molar-refractivity contribution < 1.29 is 4.52 Å². The van der Waals surface area contributed by atoms with Crippen LogP contribution in [0.4, 0.5) is 0 Å². The van der Waals surface area contributed by atoms with Gasteiger partial charge in [-0.05, 0) is 15.9 Å². The van der Waals surface area contributed by atoms with Crippen molar-refractivity contribution in [3.05, 3.63) is 29.1 Å². The Kier molecular flexibility index (Phi) is 2.49. The minimum absolute atomic E-state index is 0.453. The minimum Gasteiger partial charge on any atom is -0.338 e. The lowest BCUT2D eigenvalue weighted by atomic mass is 10.1. The lowest BCUT2D eigenvalue weighted by Crippen LogP contribution is -2.47. The third-order valence-corrected chi connectivity index (χ3v) is 3.06. The van der Waals surface area contributed by atoms with E-state index in [4.69, 9.17) is 4.52 Å². The second kappa shape index (κ2) is 3.99. The van der Waals surface area contributed by atoms with E-state index in [9.17, 15) is 0 Å². The molecule has 16 heavy (non-hydrogen) atoms. The van der Waals surface area contributed by atoms with Crippen LogP contribution in [0.25, 0.3) is 0 Å². The third-order valence-electron chi connectivity index (χ3n) is 2.65. The van der Waals surface area contributed by atoms with E-state index in [1.165, 1.54) is 6.33 Å². The number of likely N-dealkylation sites (tertiary alicyclic amines) is 1. The first-order valence-electron chi connectivity index (χ1n) is 4.99. The summed E-state index contributed by atoms with van der Waals surface area (Å²) in [6.07, 6.45) is 5.23. The van der Waals surface area contributed by atoms with Gasteiger partial charge in [0.15, 0.2) is 6.33 Å². The van der Waals surface area contributed by atoms with Gasteiger partial charge in [-0.1, -0.05) is 5.16 Å². The third kappa shape index (κ3) is 1.88. The summed E-state index contributed by atoms with van der Waals surface area (Å²) in [6.45, 7) is 2.66. The second-order valence-electron chi connectivity index (χ2n) is 3.82. The molecule has 0 bridgehead atoms. The fourth-order valence-electron chi connectivity index (χ4n) is 1.81. The maximum Gasteiger partial charge on any atom is 0.240 e. The molecule has 1 fully saturated rings.